The molecular weight excluding hydrogens is 416 g/mol. The summed E-state index contributed by atoms with van der Waals surface area (Å²) in [6, 6.07) is 7.60. The van der Waals surface area contributed by atoms with Crippen molar-refractivity contribution in [2.45, 2.75) is 50.8 Å². The first-order chi connectivity index (χ1) is 14.8. The molecule has 0 spiro atoms. The Labute approximate surface area is 187 Å². The highest BCUT2D eigenvalue weighted by molar-refractivity contribution is 6.34. The third-order valence-corrected chi connectivity index (χ3v) is 6.44. The van der Waals surface area contributed by atoms with Crippen molar-refractivity contribution in [1.29, 1.82) is 0 Å². The molecule has 0 aliphatic carbocycles. The number of rotatable bonds is 4. The second kappa shape index (κ2) is 8.48. The van der Waals surface area contributed by atoms with Crippen LogP contribution in [-0.4, -0.2) is 47.6 Å². The second-order valence-corrected chi connectivity index (χ2v) is 8.70. The number of hydrogen-bond acceptors (Lipinski definition) is 6. The van der Waals surface area contributed by atoms with E-state index in [1.54, 1.807) is 24.4 Å². The molecule has 4 rings (SSSR count). The summed E-state index contributed by atoms with van der Waals surface area (Å²) in [6.45, 7) is 4.52. The Bertz CT molecular complexity index is 1030. The van der Waals surface area contributed by atoms with E-state index in [2.05, 4.69) is 4.98 Å². The molecule has 2 aliphatic rings. The first-order valence-electron chi connectivity index (χ1n) is 10.4. The number of amides is 1. The molecule has 8 heteroatoms. The van der Waals surface area contributed by atoms with Crippen LogP contribution in [0.5, 0.6) is 5.75 Å². The highest BCUT2D eigenvalue weighted by Crippen LogP contribution is 2.42. The molecule has 0 radical (unpaired) electrons. The Kier molecular flexibility index (Phi) is 5.90. The number of ether oxygens (including phenoxy) is 2. The number of methoxy groups -OCH3 is 1. The smallest absolute Gasteiger partial charge is 0.232 e. The topological polar surface area (TPSA) is 90.0 Å². The van der Waals surface area contributed by atoms with Crippen LogP contribution in [-0.2, 0) is 15.1 Å². The first-order valence-corrected chi connectivity index (χ1v) is 10.8. The zero-order valence-electron chi connectivity index (χ0n) is 18.0. The van der Waals surface area contributed by atoms with Crippen LogP contribution in [0.2, 0.25) is 5.02 Å². The van der Waals surface area contributed by atoms with Crippen LogP contribution in [0.3, 0.4) is 0 Å². The van der Waals surface area contributed by atoms with Crippen LogP contribution < -0.4 is 10.5 Å². The van der Waals surface area contributed by atoms with Crippen molar-refractivity contribution in [3.05, 3.63) is 47.2 Å². The summed E-state index contributed by atoms with van der Waals surface area (Å²) < 4.78 is 10.9. The fourth-order valence-electron chi connectivity index (χ4n) is 4.46. The van der Waals surface area contributed by atoms with Crippen LogP contribution in [0, 0.1) is 0 Å². The summed E-state index contributed by atoms with van der Waals surface area (Å²) in [5, 5.41) is 0.526. The SMILES string of the molecule is COc1cncc(-c2cccc([C@]3(C)CC(=O)N([C@H]4CCO[C@@H](C)C4)C(N)=N3)c2Cl)c1. The van der Waals surface area contributed by atoms with Gasteiger partial charge in [0.2, 0.25) is 5.91 Å². The normalized spacial score (nSPS) is 26.5. The van der Waals surface area contributed by atoms with Crippen molar-refractivity contribution >= 4 is 23.5 Å². The molecule has 1 fully saturated rings. The van der Waals surface area contributed by atoms with E-state index in [0.29, 0.717) is 17.4 Å². The fraction of sp³-hybridized carbons (Fsp3) is 0.435. The van der Waals surface area contributed by atoms with E-state index >= 15 is 0 Å². The summed E-state index contributed by atoms with van der Waals surface area (Å²) in [5.74, 6) is 0.836. The number of guanidine groups is 1. The minimum absolute atomic E-state index is 0.00853. The van der Waals surface area contributed by atoms with E-state index < -0.39 is 5.54 Å². The van der Waals surface area contributed by atoms with E-state index in [4.69, 9.17) is 31.8 Å². The average Bonchev–Trinajstić information content (AvgIpc) is 2.73. The van der Waals surface area contributed by atoms with Crippen molar-refractivity contribution in [3.63, 3.8) is 0 Å². The number of benzene rings is 1. The predicted octanol–water partition coefficient (Wildman–Crippen LogP) is 3.74. The molecule has 0 saturated carbocycles. The Balaban J connectivity index is 1.70. The number of aromatic nitrogens is 1. The van der Waals surface area contributed by atoms with Gasteiger partial charge in [0.25, 0.3) is 0 Å². The first kappa shape index (κ1) is 21.6. The van der Waals surface area contributed by atoms with Crippen LogP contribution in [0.4, 0.5) is 0 Å². The molecule has 31 heavy (non-hydrogen) atoms. The zero-order chi connectivity index (χ0) is 22.2. The monoisotopic (exact) mass is 442 g/mol. The maximum atomic E-state index is 13.2. The number of carbonyl (C=O) groups is 1. The molecule has 2 aliphatic heterocycles. The van der Waals surface area contributed by atoms with Crippen LogP contribution in [0.15, 0.2) is 41.7 Å². The van der Waals surface area contributed by atoms with Crippen LogP contribution in [0.1, 0.15) is 38.7 Å². The van der Waals surface area contributed by atoms with Crippen molar-refractivity contribution in [3.8, 4) is 16.9 Å². The van der Waals surface area contributed by atoms with Gasteiger partial charge in [-0.3, -0.25) is 14.7 Å². The van der Waals surface area contributed by atoms with Gasteiger partial charge in [0.05, 0.1) is 36.4 Å². The van der Waals surface area contributed by atoms with E-state index in [0.717, 1.165) is 29.5 Å². The third kappa shape index (κ3) is 4.12. The average molecular weight is 443 g/mol. The largest absolute Gasteiger partial charge is 0.495 e. The Morgan fingerprint density at radius 1 is 1.35 bits per heavy atom. The quantitative estimate of drug-likeness (QED) is 0.778. The highest BCUT2D eigenvalue weighted by atomic mass is 35.5. The fourth-order valence-corrected chi connectivity index (χ4v) is 4.90. The molecule has 3 heterocycles. The third-order valence-electron chi connectivity index (χ3n) is 6.03. The zero-order valence-corrected chi connectivity index (χ0v) is 18.7. The molecule has 0 bridgehead atoms. The molecule has 1 aromatic heterocycles. The highest BCUT2D eigenvalue weighted by Gasteiger charge is 2.42. The van der Waals surface area contributed by atoms with E-state index in [1.807, 2.05) is 38.1 Å². The van der Waals surface area contributed by atoms with Gasteiger partial charge in [-0.05, 0) is 38.3 Å². The molecular formula is C23H27ClN4O3. The molecule has 0 unspecified atom stereocenters. The summed E-state index contributed by atoms with van der Waals surface area (Å²) in [6.07, 6.45) is 5.15. The lowest BCUT2D eigenvalue weighted by Crippen LogP contribution is -2.56. The van der Waals surface area contributed by atoms with Gasteiger partial charge in [0.1, 0.15) is 5.75 Å². The molecule has 1 aromatic carbocycles. The standard InChI is InChI=1S/C23H27ClN4O3/c1-14-9-16(7-8-31-14)28-20(29)11-23(2,27-22(28)25)19-6-4-5-18(21(19)24)15-10-17(30-3)13-26-12-15/h4-6,10,12-14,16H,7-9,11H2,1-3H3,(H2,25,27)/t14-,16-,23-/m0/s1. The van der Waals surface area contributed by atoms with Crippen LogP contribution >= 0.6 is 11.6 Å². The number of nitrogens with two attached hydrogens (primary N) is 1. The van der Waals surface area contributed by atoms with Gasteiger partial charge in [-0.25, -0.2) is 4.99 Å². The second-order valence-electron chi connectivity index (χ2n) is 8.32. The molecule has 7 nitrogen and oxygen atoms in total. The van der Waals surface area contributed by atoms with Crippen molar-refractivity contribution < 1.29 is 14.3 Å². The number of carbonyl (C=O) groups excluding carboxylic acids is 1. The summed E-state index contributed by atoms with van der Waals surface area (Å²) in [4.78, 5) is 23.8. The minimum Gasteiger partial charge on any atom is -0.495 e. The molecule has 2 N–H and O–H groups in total. The number of halogens is 1. The van der Waals surface area contributed by atoms with Crippen molar-refractivity contribution in [2.75, 3.05) is 13.7 Å². The van der Waals surface area contributed by atoms with Gasteiger partial charge in [0, 0.05) is 30.0 Å². The van der Waals surface area contributed by atoms with Crippen molar-refractivity contribution in [1.82, 2.24) is 9.88 Å². The van der Waals surface area contributed by atoms with E-state index in [-0.39, 0.29) is 30.4 Å². The lowest BCUT2D eigenvalue weighted by Gasteiger charge is -2.41. The number of aliphatic imine (C=N–C) groups is 1. The van der Waals surface area contributed by atoms with E-state index in [1.165, 1.54) is 0 Å². The molecule has 3 atom stereocenters. The maximum absolute atomic E-state index is 13.2. The van der Waals surface area contributed by atoms with Gasteiger partial charge in [-0.15, -0.1) is 0 Å². The predicted molar refractivity (Wildman–Crippen MR) is 120 cm³/mol. The number of nitrogens with zero attached hydrogens (tertiary/aromatic N) is 3. The van der Waals surface area contributed by atoms with E-state index in [9.17, 15) is 4.79 Å². The maximum Gasteiger partial charge on any atom is 0.232 e. The molecule has 2 aromatic rings. The molecule has 164 valence electrons. The number of pyridine rings is 1. The lowest BCUT2D eigenvalue weighted by atomic mass is 9.85. The van der Waals surface area contributed by atoms with Gasteiger partial charge in [-0.2, -0.15) is 0 Å². The molecule has 1 amide bonds. The summed E-state index contributed by atoms with van der Waals surface area (Å²) in [7, 11) is 1.59. The summed E-state index contributed by atoms with van der Waals surface area (Å²) >= 11 is 6.84. The Morgan fingerprint density at radius 3 is 2.87 bits per heavy atom. The van der Waals surface area contributed by atoms with Crippen molar-refractivity contribution in [2.24, 2.45) is 10.7 Å². The van der Waals surface area contributed by atoms with Gasteiger partial charge < -0.3 is 15.2 Å². The van der Waals surface area contributed by atoms with Gasteiger partial charge in [0.15, 0.2) is 5.96 Å². The van der Waals surface area contributed by atoms with Crippen LogP contribution in [0.25, 0.3) is 11.1 Å². The van der Waals surface area contributed by atoms with Gasteiger partial charge in [-0.1, -0.05) is 29.8 Å². The number of hydrogen-bond donors (Lipinski definition) is 1. The molecule has 1 saturated heterocycles. The minimum atomic E-state index is -0.853. The lowest BCUT2D eigenvalue weighted by molar-refractivity contribution is -0.133. The van der Waals surface area contributed by atoms with Gasteiger partial charge >= 0.3 is 0 Å². The Hall–Kier alpha value is -2.64. The summed E-state index contributed by atoms with van der Waals surface area (Å²) in [5.41, 5.74) is 7.87. The Morgan fingerprint density at radius 2 is 2.16 bits per heavy atom.